The van der Waals surface area contributed by atoms with Crippen LogP contribution in [0.2, 0.25) is 0 Å². The maximum atomic E-state index is 9.94. The molecule has 60 valence electrons. The van der Waals surface area contributed by atoms with Crippen LogP contribution in [0.25, 0.3) is 0 Å². The smallest absolute Gasteiger partial charge is 0.174 e. The van der Waals surface area contributed by atoms with Gasteiger partial charge < -0.3 is 4.79 Å². The lowest BCUT2D eigenvalue weighted by atomic mass is 10.2. The summed E-state index contributed by atoms with van der Waals surface area (Å²) in [6, 6.07) is 0. The minimum atomic E-state index is 0.568. The van der Waals surface area contributed by atoms with Crippen molar-refractivity contribution in [3.8, 4) is 0 Å². The molecular formula is C6H10N4O. The van der Waals surface area contributed by atoms with Crippen LogP contribution in [0.15, 0.2) is 0 Å². The molecule has 1 aromatic rings. The molecule has 11 heavy (non-hydrogen) atoms. The summed E-state index contributed by atoms with van der Waals surface area (Å²) in [5.74, 6) is 0.703. The molecule has 0 radical (unpaired) electrons. The van der Waals surface area contributed by atoms with Gasteiger partial charge in [0, 0.05) is 12.8 Å². The zero-order valence-corrected chi connectivity index (χ0v) is 6.40. The van der Waals surface area contributed by atoms with E-state index in [0.717, 1.165) is 19.1 Å². The van der Waals surface area contributed by atoms with Crippen molar-refractivity contribution in [2.45, 2.75) is 19.3 Å². The molecule has 0 aliphatic heterocycles. The van der Waals surface area contributed by atoms with Crippen molar-refractivity contribution in [3.05, 3.63) is 5.82 Å². The van der Waals surface area contributed by atoms with Gasteiger partial charge in [0.05, 0.1) is 7.05 Å². The van der Waals surface area contributed by atoms with Crippen LogP contribution in [0.3, 0.4) is 0 Å². The molecule has 0 spiro atoms. The molecule has 0 aromatic carbocycles. The zero-order chi connectivity index (χ0) is 8.10. The van der Waals surface area contributed by atoms with E-state index in [0.29, 0.717) is 12.2 Å². The Balaban J connectivity index is 2.32. The average molecular weight is 154 g/mol. The summed E-state index contributed by atoms with van der Waals surface area (Å²) in [4.78, 5) is 11.4. The van der Waals surface area contributed by atoms with Crippen LogP contribution in [0.4, 0.5) is 0 Å². The molecule has 1 rings (SSSR count). The number of aldehydes is 1. The van der Waals surface area contributed by atoms with E-state index >= 15 is 0 Å². The standard InChI is InChI=1S/C6H10N4O/c1-10-8-6(7-9-10)4-2-3-5-11/h5H,2-4H2,1H3. The lowest BCUT2D eigenvalue weighted by Gasteiger charge is -1.87. The predicted molar refractivity (Wildman–Crippen MR) is 37.8 cm³/mol. The highest BCUT2D eigenvalue weighted by Crippen LogP contribution is 1.94. The number of aromatic nitrogens is 4. The second-order valence-corrected chi connectivity index (χ2v) is 2.25. The molecule has 1 aromatic heterocycles. The third-order valence-corrected chi connectivity index (χ3v) is 1.27. The molecule has 1 heterocycles. The van der Waals surface area contributed by atoms with E-state index in [1.54, 1.807) is 7.05 Å². The highest BCUT2D eigenvalue weighted by molar-refractivity contribution is 5.49. The van der Waals surface area contributed by atoms with Crippen LogP contribution in [0, 0.1) is 0 Å². The van der Waals surface area contributed by atoms with Crippen molar-refractivity contribution in [2.75, 3.05) is 0 Å². The Bertz CT molecular complexity index is 232. The second-order valence-electron chi connectivity index (χ2n) is 2.25. The highest BCUT2D eigenvalue weighted by Gasteiger charge is 1.98. The summed E-state index contributed by atoms with van der Waals surface area (Å²) in [5, 5.41) is 11.4. The molecule has 5 heteroatoms. The van der Waals surface area contributed by atoms with Gasteiger partial charge in [0.1, 0.15) is 6.29 Å². The number of unbranched alkanes of at least 4 members (excludes halogenated alkanes) is 1. The van der Waals surface area contributed by atoms with Crippen molar-refractivity contribution >= 4 is 6.29 Å². The molecule has 0 N–H and O–H groups in total. The van der Waals surface area contributed by atoms with Crippen LogP contribution in [0.1, 0.15) is 18.7 Å². The maximum absolute atomic E-state index is 9.94. The van der Waals surface area contributed by atoms with E-state index in [1.807, 2.05) is 0 Å². The fraction of sp³-hybridized carbons (Fsp3) is 0.667. The first-order valence-electron chi connectivity index (χ1n) is 3.49. The predicted octanol–water partition coefficient (Wildman–Crippen LogP) is -0.268. The van der Waals surface area contributed by atoms with Crippen LogP contribution >= 0.6 is 0 Å². The lowest BCUT2D eigenvalue weighted by Crippen LogP contribution is -1.93. The molecular weight excluding hydrogens is 144 g/mol. The minimum Gasteiger partial charge on any atom is -0.303 e. The van der Waals surface area contributed by atoms with Crippen LogP contribution < -0.4 is 0 Å². The molecule has 0 amide bonds. The third kappa shape index (κ3) is 2.45. The first-order valence-corrected chi connectivity index (χ1v) is 3.49. The Morgan fingerprint density at radius 3 is 3.00 bits per heavy atom. The topological polar surface area (TPSA) is 60.7 Å². The first kappa shape index (κ1) is 7.84. The molecule has 0 bridgehead atoms. The number of carbonyl (C=O) groups excluding carboxylic acids is 1. The van der Waals surface area contributed by atoms with Crippen molar-refractivity contribution in [1.29, 1.82) is 0 Å². The zero-order valence-electron chi connectivity index (χ0n) is 6.40. The fourth-order valence-electron chi connectivity index (χ4n) is 0.767. The molecule has 0 aliphatic carbocycles. The summed E-state index contributed by atoms with van der Waals surface area (Å²) in [6.07, 6.45) is 3.00. The summed E-state index contributed by atoms with van der Waals surface area (Å²) >= 11 is 0. The SMILES string of the molecule is Cn1nnc(CCCC=O)n1. The molecule has 0 fully saturated rings. The minimum absolute atomic E-state index is 0.568. The molecule has 0 saturated heterocycles. The van der Waals surface area contributed by atoms with E-state index < -0.39 is 0 Å². The van der Waals surface area contributed by atoms with E-state index in [1.165, 1.54) is 4.80 Å². The average Bonchev–Trinajstić information content (AvgIpc) is 2.37. The molecule has 0 aliphatic rings. The van der Waals surface area contributed by atoms with Gasteiger partial charge in [0.15, 0.2) is 5.82 Å². The quantitative estimate of drug-likeness (QED) is 0.442. The van der Waals surface area contributed by atoms with Crippen LogP contribution in [0.5, 0.6) is 0 Å². The Labute approximate surface area is 64.4 Å². The Morgan fingerprint density at radius 2 is 2.45 bits per heavy atom. The number of tetrazole rings is 1. The van der Waals surface area contributed by atoms with Gasteiger partial charge in [-0.15, -0.1) is 10.2 Å². The highest BCUT2D eigenvalue weighted by atomic mass is 16.1. The van der Waals surface area contributed by atoms with E-state index in [9.17, 15) is 4.79 Å². The third-order valence-electron chi connectivity index (χ3n) is 1.27. The molecule has 0 saturated carbocycles. The number of aryl methyl sites for hydroxylation is 2. The van der Waals surface area contributed by atoms with E-state index in [4.69, 9.17) is 0 Å². The van der Waals surface area contributed by atoms with Gasteiger partial charge in [0.2, 0.25) is 0 Å². The Morgan fingerprint density at radius 1 is 1.64 bits per heavy atom. The van der Waals surface area contributed by atoms with Gasteiger partial charge in [-0.2, -0.15) is 4.80 Å². The Kier molecular flexibility index (Phi) is 2.71. The fourth-order valence-corrected chi connectivity index (χ4v) is 0.767. The number of rotatable bonds is 4. The monoisotopic (exact) mass is 154 g/mol. The lowest BCUT2D eigenvalue weighted by molar-refractivity contribution is -0.107. The number of nitrogens with zero attached hydrogens (tertiary/aromatic N) is 4. The normalized spacial score (nSPS) is 9.91. The van der Waals surface area contributed by atoms with Gasteiger partial charge in [0.25, 0.3) is 0 Å². The van der Waals surface area contributed by atoms with Crippen molar-refractivity contribution in [2.24, 2.45) is 7.05 Å². The number of hydrogen-bond acceptors (Lipinski definition) is 4. The van der Waals surface area contributed by atoms with Gasteiger partial charge in [-0.1, -0.05) is 0 Å². The van der Waals surface area contributed by atoms with Crippen molar-refractivity contribution < 1.29 is 4.79 Å². The van der Waals surface area contributed by atoms with E-state index in [-0.39, 0.29) is 0 Å². The van der Waals surface area contributed by atoms with Crippen LogP contribution in [-0.2, 0) is 18.3 Å². The summed E-state index contributed by atoms with van der Waals surface area (Å²) < 4.78 is 0. The van der Waals surface area contributed by atoms with Gasteiger partial charge in [-0.25, -0.2) is 0 Å². The number of hydrogen-bond donors (Lipinski definition) is 0. The summed E-state index contributed by atoms with van der Waals surface area (Å²) in [5.41, 5.74) is 0. The maximum Gasteiger partial charge on any atom is 0.174 e. The summed E-state index contributed by atoms with van der Waals surface area (Å²) in [6.45, 7) is 0. The Hall–Kier alpha value is -1.26. The first-order chi connectivity index (χ1) is 5.33. The van der Waals surface area contributed by atoms with Crippen LogP contribution in [-0.4, -0.2) is 26.5 Å². The van der Waals surface area contributed by atoms with Gasteiger partial charge >= 0.3 is 0 Å². The number of carbonyl (C=O) groups is 1. The molecule has 0 unspecified atom stereocenters. The summed E-state index contributed by atoms with van der Waals surface area (Å²) in [7, 11) is 1.72. The van der Waals surface area contributed by atoms with Crippen molar-refractivity contribution in [1.82, 2.24) is 20.2 Å². The van der Waals surface area contributed by atoms with E-state index in [2.05, 4.69) is 15.4 Å². The second kappa shape index (κ2) is 3.80. The largest absolute Gasteiger partial charge is 0.303 e. The van der Waals surface area contributed by atoms with Gasteiger partial charge in [-0.3, -0.25) is 0 Å². The van der Waals surface area contributed by atoms with Gasteiger partial charge in [-0.05, 0) is 11.6 Å². The van der Waals surface area contributed by atoms with Crippen molar-refractivity contribution in [3.63, 3.8) is 0 Å². The molecule has 5 nitrogen and oxygen atoms in total. The molecule has 0 atom stereocenters.